The van der Waals surface area contributed by atoms with Crippen molar-refractivity contribution >= 4 is 23.7 Å². The van der Waals surface area contributed by atoms with E-state index in [-0.39, 0.29) is 1.43 Å². The second-order valence-electron chi connectivity index (χ2n) is 2.42. The highest BCUT2D eigenvalue weighted by atomic mass is 32.2. The molecule has 60 valence electrons. The van der Waals surface area contributed by atoms with Crippen LogP contribution in [0.15, 0.2) is 45.3 Å². The first-order chi connectivity index (χ1) is 5.86. The predicted octanol–water partition coefficient (Wildman–Crippen LogP) is 2.41. The van der Waals surface area contributed by atoms with Gasteiger partial charge >= 0.3 is 1.43 Å². The van der Waals surface area contributed by atoms with Gasteiger partial charge in [-0.3, -0.25) is 4.99 Å². The second-order valence-corrected chi connectivity index (χ2v) is 3.53. The quantitative estimate of drug-likeness (QED) is 0.660. The summed E-state index contributed by atoms with van der Waals surface area (Å²) in [5.74, 6) is 0. The zero-order valence-corrected chi connectivity index (χ0v) is 7.21. The fourth-order valence-electron chi connectivity index (χ4n) is 1.00. The van der Waals surface area contributed by atoms with Crippen molar-refractivity contribution in [1.82, 2.24) is 0 Å². The number of para-hydroxylation sites is 1. The molecule has 12 heavy (non-hydrogen) atoms. The molecule has 2 rings (SSSR count). The summed E-state index contributed by atoms with van der Waals surface area (Å²) in [4.78, 5) is 5.35. The zero-order chi connectivity index (χ0) is 8.39. The molecule has 0 fully saturated rings. The van der Waals surface area contributed by atoms with Gasteiger partial charge in [0.2, 0.25) is 0 Å². The van der Waals surface area contributed by atoms with Crippen LogP contribution in [0.25, 0.3) is 0 Å². The largest absolute Gasteiger partial charge is 1.00 e. The molecule has 0 spiro atoms. The molecule has 0 saturated heterocycles. The maximum absolute atomic E-state index is 5.68. The highest BCUT2D eigenvalue weighted by Gasteiger charge is 2.03. The number of benzene rings is 1. The zero-order valence-electron chi connectivity index (χ0n) is 7.40. The predicted molar refractivity (Wildman–Crippen MR) is 53.8 cm³/mol. The number of hydrogen-bond donors (Lipinski definition) is 1. The number of aliphatic imine (C=N–C) groups is 1. The monoisotopic (exact) mass is 177 g/mol. The van der Waals surface area contributed by atoms with E-state index in [0.29, 0.717) is 0 Å². The Kier molecular flexibility index (Phi) is 1.87. The SMILES string of the molecule is NC1=CC=Nc2ccccc2S1.[H+]. The van der Waals surface area contributed by atoms with Gasteiger partial charge in [0.1, 0.15) is 0 Å². The first-order valence-electron chi connectivity index (χ1n) is 3.63. The first kappa shape index (κ1) is 7.43. The molecule has 2 nitrogen and oxygen atoms in total. The lowest BCUT2D eigenvalue weighted by Gasteiger charge is -2.00. The fraction of sp³-hybridized carbons (Fsp3) is 0. The molecule has 1 aliphatic heterocycles. The fourth-order valence-corrected chi connectivity index (χ4v) is 1.76. The Morgan fingerprint density at radius 3 is 3.08 bits per heavy atom. The van der Waals surface area contributed by atoms with Crippen LogP contribution in [0.3, 0.4) is 0 Å². The lowest BCUT2D eigenvalue weighted by molar-refractivity contribution is 1.39. The third kappa shape index (κ3) is 1.36. The average molecular weight is 177 g/mol. The number of hydrogen-bond acceptors (Lipinski definition) is 3. The number of allylic oxidation sites excluding steroid dienone is 1. The minimum Gasteiger partial charge on any atom is -0.393 e. The van der Waals surface area contributed by atoms with E-state index in [4.69, 9.17) is 5.73 Å². The summed E-state index contributed by atoms with van der Waals surface area (Å²) in [6, 6.07) is 7.95. The van der Waals surface area contributed by atoms with Crippen molar-refractivity contribution in [2.24, 2.45) is 10.7 Å². The molecule has 0 unspecified atom stereocenters. The minimum absolute atomic E-state index is 0. The normalized spacial score (nSPS) is 14.8. The second kappa shape index (κ2) is 3.03. The molecule has 0 atom stereocenters. The minimum atomic E-state index is 0. The van der Waals surface area contributed by atoms with E-state index in [1.165, 1.54) is 0 Å². The third-order valence-electron chi connectivity index (χ3n) is 1.55. The molecule has 0 saturated carbocycles. The molecule has 1 aromatic rings. The summed E-state index contributed by atoms with van der Waals surface area (Å²) < 4.78 is 0. The number of fused-ring (bicyclic) bond motifs is 1. The van der Waals surface area contributed by atoms with Crippen LogP contribution in [0.1, 0.15) is 1.43 Å². The molecule has 1 aromatic carbocycles. The van der Waals surface area contributed by atoms with E-state index < -0.39 is 0 Å². The molecule has 2 N–H and O–H groups in total. The molecule has 0 aromatic heterocycles. The Balaban J connectivity index is 0.000000845. The van der Waals surface area contributed by atoms with Crippen LogP contribution >= 0.6 is 11.8 Å². The van der Waals surface area contributed by atoms with Crippen LogP contribution in [0.5, 0.6) is 0 Å². The molecular weight excluding hydrogens is 168 g/mol. The summed E-state index contributed by atoms with van der Waals surface area (Å²) >= 11 is 1.55. The van der Waals surface area contributed by atoms with Gasteiger partial charge in [-0.25, -0.2) is 0 Å². The van der Waals surface area contributed by atoms with Gasteiger partial charge in [-0.15, -0.1) is 0 Å². The van der Waals surface area contributed by atoms with Crippen LogP contribution in [-0.2, 0) is 0 Å². The lowest BCUT2D eigenvalue weighted by Crippen LogP contribution is -1.90. The van der Waals surface area contributed by atoms with E-state index in [1.54, 1.807) is 18.0 Å². The molecule has 0 amide bonds. The van der Waals surface area contributed by atoms with E-state index in [0.717, 1.165) is 15.6 Å². The van der Waals surface area contributed by atoms with Crippen molar-refractivity contribution in [3.05, 3.63) is 35.4 Å². The van der Waals surface area contributed by atoms with Gasteiger partial charge in [-0.05, 0) is 18.2 Å². The van der Waals surface area contributed by atoms with E-state index in [1.807, 2.05) is 30.3 Å². The van der Waals surface area contributed by atoms with Gasteiger partial charge in [-0.2, -0.15) is 0 Å². The van der Waals surface area contributed by atoms with E-state index in [9.17, 15) is 0 Å². The summed E-state index contributed by atoms with van der Waals surface area (Å²) in [6.45, 7) is 0. The van der Waals surface area contributed by atoms with Crippen molar-refractivity contribution < 1.29 is 1.43 Å². The number of thioether (sulfide) groups is 1. The molecule has 1 heterocycles. The van der Waals surface area contributed by atoms with Gasteiger partial charge in [0, 0.05) is 11.1 Å². The Morgan fingerprint density at radius 1 is 1.33 bits per heavy atom. The highest BCUT2D eigenvalue weighted by molar-refractivity contribution is 8.03. The Labute approximate surface area is 76.7 Å². The smallest absolute Gasteiger partial charge is 0.393 e. The number of nitrogens with zero attached hydrogens (tertiary/aromatic N) is 1. The molecule has 0 radical (unpaired) electrons. The van der Waals surface area contributed by atoms with Gasteiger partial charge in [0.25, 0.3) is 0 Å². The Bertz CT molecular complexity index is 360. The van der Waals surface area contributed by atoms with Gasteiger partial charge in [0.05, 0.1) is 10.7 Å². The van der Waals surface area contributed by atoms with Crippen molar-refractivity contribution in [3.8, 4) is 0 Å². The molecule has 3 heteroatoms. The Morgan fingerprint density at radius 2 is 2.17 bits per heavy atom. The van der Waals surface area contributed by atoms with Gasteiger partial charge in [0.15, 0.2) is 0 Å². The topological polar surface area (TPSA) is 38.4 Å². The molecule has 0 bridgehead atoms. The maximum atomic E-state index is 5.68. The number of rotatable bonds is 0. The molecule has 0 aliphatic carbocycles. The third-order valence-corrected chi connectivity index (χ3v) is 2.48. The van der Waals surface area contributed by atoms with Crippen LogP contribution in [0.4, 0.5) is 5.69 Å². The molecular formula is C9H9N2S+. The van der Waals surface area contributed by atoms with Crippen LogP contribution in [0.2, 0.25) is 0 Å². The van der Waals surface area contributed by atoms with Crippen molar-refractivity contribution in [2.45, 2.75) is 4.90 Å². The maximum Gasteiger partial charge on any atom is 1.00 e. The van der Waals surface area contributed by atoms with E-state index in [2.05, 4.69) is 4.99 Å². The lowest BCUT2D eigenvalue weighted by atomic mass is 10.3. The van der Waals surface area contributed by atoms with Gasteiger partial charge < -0.3 is 5.73 Å². The Hall–Kier alpha value is -1.22. The first-order valence-corrected chi connectivity index (χ1v) is 4.44. The summed E-state index contributed by atoms with van der Waals surface area (Å²) in [6.07, 6.45) is 3.54. The van der Waals surface area contributed by atoms with Gasteiger partial charge in [-0.1, -0.05) is 23.9 Å². The van der Waals surface area contributed by atoms with E-state index >= 15 is 0 Å². The summed E-state index contributed by atoms with van der Waals surface area (Å²) in [7, 11) is 0. The van der Waals surface area contributed by atoms with Crippen LogP contribution < -0.4 is 5.73 Å². The molecule has 1 aliphatic rings. The summed E-state index contributed by atoms with van der Waals surface area (Å²) in [5, 5.41) is 0.781. The highest BCUT2D eigenvalue weighted by Crippen LogP contribution is 2.33. The van der Waals surface area contributed by atoms with Crippen molar-refractivity contribution in [2.75, 3.05) is 0 Å². The van der Waals surface area contributed by atoms with Crippen molar-refractivity contribution in [1.29, 1.82) is 0 Å². The number of nitrogens with two attached hydrogens (primary N) is 1. The van der Waals surface area contributed by atoms with Crippen molar-refractivity contribution in [3.63, 3.8) is 0 Å². The summed E-state index contributed by atoms with van der Waals surface area (Å²) in [5.41, 5.74) is 6.67. The van der Waals surface area contributed by atoms with Crippen LogP contribution in [0, 0.1) is 0 Å². The van der Waals surface area contributed by atoms with Crippen LogP contribution in [-0.4, -0.2) is 6.21 Å². The standard InChI is InChI=1S/C9H8N2S/c10-9-5-6-11-7-3-1-2-4-8(7)12-9/h1-6H,10H2/p+1. The average Bonchev–Trinajstić information content (AvgIpc) is 2.25.